The summed E-state index contributed by atoms with van der Waals surface area (Å²) < 4.78 is 0. The van der Waals surface area contributed by atoms with Crippen LogP contribution in [0.5, 0.6) is 0 Å². The van der Waals surface area contributed by atoms with Crippen LogP contribution in [0.15, 0.2) is 24.3 Å². The molecule has 3 heteroatoms. The second-order valence-electron chi connectivity index (χ2n) is 2.58. The van der Waals surface area contributed by atoms with Crippen LogP contribution < -0.4 is 5.73 Å². The molecule has 0 aliphatic heterocycles. The molecule has 0 radical (unpaired) electrons. The quantitative estimate of drug-likeness (QED) is 0.524. The van der Waals surface area contributed by atoms with Crippen LogP contribution >= 0.6 is 0 Å². The van der Waals surface area contributed by atoms with Gasteiger partial charge in [0.1, 0.15) is 0 Å². The first-order chi connectivity index (χ1) is 6.27. The second kappa shape index (κ2) is 4.29. The van der Waals surface area contributed by atoms with Crippen LogP contribution in [0.3, 0.4) is 0 Å². The number of nitrogen functional groups attached to an aromatic ring is 1. The SMILES string of the molecule is N#CC=Cc1ccc(N)c(CO)c1. The van der Waals surface area contributed by atoms with Crippen molar-refractivity contribution in [3.63, 3.8) is 0 Å². The number of hydrogen-bond acceptors (Lipinski definition) is 3. The fourth-order valence-corrected chi connectivity index (χ4v) is 1.000. The van der Waals surface area contributed by atoms with Crippen molar-refractivity contribution in [3.05, 3.63) is 35.4 Å². The number of nitrogens with zero attached hydrogens (tertiary/aromatic N) is 1. The molecule has 0 aliphatic rings. The monoisotopic (exact) mass is 174 g/mol. The van der Waals surface area contributed by atoms with Crippen LogP contribution in [0.25, 0.3) is 6.08 Å². The molecule has 0 fully saturated rings. The Morgan fingerprint density at radius 3 is 2.92 bits per heavy atom. The lowest BCUT2D eigenvalue weighted by molar-refractivity contribution is 0.282. The van der Waals surface area contributed by atoms with Crippen LogP contribution in [0.1, 0.15) is 11.1 Å². The van der Waals surface area contributed by atoms with E-state index < -0.39 is 0 Å². The van der Waals surface area contributed by atoms with Crippen LogP contribution in [0, 0.1) is 11.3 Å². The summed E-state index contributed by atoms with van der Waals surface area (Å²) in [7, 11) is 0. The zero-order chi connectivity index (χ0) is 9.68. The average molecular weight is 174 g/mol. The molecule has 1 aromatic carbocycles. The van der Waals surface area contributed by atoms with Gasteiger partial charge in [-0.25, -0.2) is 0 Å². The number of hydrogen-bond donors (Lipinski definition) is 2. The minimum Gasteiger partial charge on any atom is -0.398 e. The molecule has 3 nitrogen and oxygen atoms in total. The van der Waals surface area contributed by atoms with Crippen LogP contribution in [-0.4, -0.2) is 5.11 Å². The molecule has 1 rings (SSSR count). The maximum atomic E-state index is 8.90. The summed E-state index contributed by atoms with van der Waals surface area (Å²) in [5, 5.41) is 17.2. The maximum Gasteiger partial charge on any atom is 0.0912 e. The molecule has 0 saturated carbocycles. The molecule has 0 heterocycles. The molecule has 0 unspecified atom stereocenters. The zero-order valence-electron chi connectivity index (χ0n) is 7.07. The first kappa shape index (κ1) is 9.30. The molecule has 0 bridgehead atoms. The number of rotatable bonds is 2. The van der Waals surface area contributed by atoms with Crippen molar-refractivity contribution < 1.29 is 5.11 Å². The van der Waals surface area contributed by atoms with Crippen molar-refractivity contribution in [1.82, 2.24) is 0 Å². The van der Waals surface area contributed by atoms with Gasteiger partial charge in [0, 0.05) is 17.3 Å². The lowest BCUT2D eigenvalue weighted by atomic mass is 10.1. The molecule has 0 saturated heterocycles. The fraction of sp³-hybridized carbons (Fsp3) is 0.100. The van der Waals surface area contributed by atoms with E-state index in [4.69, 9.17) is 16.1 Å². The molecular weight excluding hydrogens is 164 g/mol. The zero-order valence-corrected chi connectivity index (χ0v) is 7.07. The van der Waals surface area contributed by atoms with Gasteiger partial charge in [-0.2, -0.15) is 5.26 Å². The standard InChI is InChI=1S/C10H10N2O/c11-5-1-2-8-3-4-10(12)9(6-8)7-13/h1-4,6,13H,7,12H2. The van der Waals surface area contributed by atoms with Crippen molar-refractivity contribution in [1.29, 1.82) is 5.26 Å². The Labute approximate surface area is 76.7 Å². The largest absolute Gasteiger partial charge is 0.398 e. The van der Waals surface area contributed by atoms with Crippen molar-refractivity contribution >= 4 is 11.8 Å². The van der Waals surface area contributed by atoms with E-state index in [-0.39, 0.29) is 6.61 Å². The van der Waals surface area contributed by atoms with E-state index in [1.807, 2.05) is 6.07 Å². The fourth-order valence-electron chi connectivity index (χ4n) is 1.000. The molecule has 0 aliphatic carbocycles. The van der Waals surface area contributed by atoms with Gasteiger partial charge >= 0.3 is 0 Å². The van der Waals surface area contributed by atoms with Gasteiger partial charge < -0.3 is 10.8 Å². The summed E-state index contributed by atoms with van der Waals surface area (Å²) in [6, 6.07) is 7.15. The summed E-state index contributed by atoms with van der Waals surface area (Å²) in [6.45, 7) is -0.0833. The van der Waals surface area contributed by atoms with Crippen molar-refractivity contribution in [2.45, 2.75) is 6.61 Å². The van der Waals surface area contributed by atoms with E-state index in [2.05, 4.69) is 0 Å². The number of nitriles is 1. The van der Waals surface area contributed by atoms with E-state index in [0.29, 0.717) is 11.3 Å². The first-order valence-electron chi connectivity index (χ1n) is 3.83. The van der Waals surface area contributed by atoms with Gasteiger partial charge in [0.25, 0.3) is 0 Å². The van der Waals surface area contributed by atoms with Crippen molar-refractivity contribution in [3.8, 4) is 6.07 Å². The number of allylic oxidation sites excluding steroid dienone is 1. The Balaban J connectivity index is 3.01. The van der Waals surface area contributed by atoms with Gasteiger partial charge in [-0.05, 0) is 23.8 Å². The third kappa shape index (κ3) is 2.32. The first-order valence-corrected chi connectivity index (χ1v) is 3.83. The van der Waals surface area contributed by atoms with E-state index in [9.17, 15) is 0 Å². The molecule has 0 atom stereocenters. The van der Waals surface area contributed by atoms with Gasteiger partial charge in [-0.15, -0.1) is 0 Å². The van der Waals surface area contributed by atoms with Crippen LogP contribution in [0.2, 0.25) is 0 Å². The van der Waals surface area contributed by atoms with Crippen LogP contribution in [-0.2, 0) is 6.61 Å². The summed E-state index contributed by atoms with van der Waals surface area (Å²) >= 11 is 0. The molecule has 3 N–H and O–H groups in total. The highest BCUT2D eigenvalue weighted by Crippen LogP contribution is 2.14. The topological polar surface area (TPSA) is 70.0 Å². The van der Waals surface area contributed by atoms with E-state index in [0.717, 1.165) is 5.56 Å². The van der Waals surface area contributed by atoms with Gasteiger partial charge in [-0.3, -0.25) is 0 Å². The normalized spacial score (nSPS) is 10.2. The third-order valence-electron chi connectivity index (χ3n) is 1.69. The molecule has 1 aromatic rings. The molecule has 0 spiro atoms. The van der Waals surface area contributed by atoms with Crippen molar-refractivity contribution in [2.75, 3.05) is 5.73 Å². The predicted octanol–water partition coefficient (Wildman–Crippen LogP) is 1.30. The summed E-state index contributed by atoms with van der Waals surface area (Å²) in [6.07, 6.45) is 3.05. The Bertz CT molecular complexity index is 364. The predicted molar refractivity (Wildman–Crippen MR) is 51.4 cm³/mol. The van der Waals surface area contributed by atoms with Gasteiger partial charge in [-0.1, -0.05) is 6.07 Å². The third-order valence-corrected chi connectivity index (χ3v) is 1.69. The Morgan fingerprint density at radius 2 is 2.31 bits per heavy atom. The number of nitrogens with two attached hydrogens (primary N) is 1. The second-order valence-corrected chi connectivity index (χ2v) is 2.58. The van der Waals surface area contributed by atoms with Crippen molar-refractivity contribution in [2.24, 2.45) is 0 Å². The van der Waals surface area contributed by atoms with E-state index in [1.165, 1.54) is 6.08 Å². The Morgan fingerprint density at radius 1 is 1.54 bits per heavy atom. The molecule has 66 valence electrons. The molecule has 0 aromatic heterocycles. The summed E-state index contributed by atoms with van der Waals surface area (Å²) in [4.78, 5) is 0. The number of aliphatic hydroxyl groups is 1. The van der Waals surface area contributed by atoms with Gasteiger partial charge in [0.05, 0.1) is 12.7 Å². The molecule has 0 amide bonds. The molecular formula is C10H10N2O. The average Bonchev–Trinajstić information content (AvgIpc) is 2.16. The van der Waals surface area contributed by atoms with Crippen LogP contribution in [0.4, 0.5) is 5.69 Å². The van der Waals surface area contributed by atoms with E-state index >= 15 is 0 Å². The smallest absolute Gasteiger partial charge is 0.0912 e. The minimum atomic E-state index is -0.0833. The van der Waals surface area contributed by atoms with Gasteiger partial charge in [0.15, 0.2) is 0 Å². The lowest BCUT2D eigenvalue weighted by Crippen LogP contribution is -1.93. The number of benzene rings is 1. The van der Waals surface area contributed by atoms with Gasteiger partial charge in [0.2, 0.25) is 0 Å². The number of anilines is 1. The number of aliphatic hydroxyl groups excluding tert-OH is 1. The molecule has 13 heavy (non-hydrogen) atoms. The Kier molecular flexibility index (Phi) is 3.07. The highest BCUT2D eigenvalue weighted by atomic mass is 16.3. The summed E-state index contributed by atoms with van der Waals surface area (Å²) in [5.74, 6) is 0. The minimum absolute atomic E-state index is 0.0833. The highest BCUT2D eigenvalue weighted by Gasteiger charge is 1.97. The Hall–Kier alpha value is -1.79. The lowest BCUT2D eigenvalue weighted by Gasteiger charge is -2.02. The maximum absolute atomic E-state index is 8.90. The summed E-state index contributed by atoms with van der Waals surface area (Å²) in [5.41, 5.74) is 7.69. The van der Waals surface area contributed by atoms with E-state index in [1.54, 1.807) is 24.3 Å². The highest BCUT2D eigenvalue weighted by molar-refractivity contribution is 5.58.